The fourth-order valence-corrected chi connectivity index (χ4v) is 0.902. The average molecular weight is 276 g/mol. The third kappa shape index (κ3) is 21.7. The van der Waals surface area contributed by atoms with Gasteiger partial charge in [-0.2, -0.15) is 0 Å². The van der Waals surface area contributed by atoms with Gasteiger partial charge in [-0.1, -0.05) is 0 Å². The van der Waals surface area contributed by atoms with Gasteiger partial charge in [0.1, 0.15) is 12.6 Å². The van der Waals surface area contributed by atoms with Crippen LogP contribution in [0.5, 0.6) is 0 Å². The molecule has 0 unspecified atom stereocenters. The van der Waals surface area contributed by atoms with Crippen LogP contribution in [-0.2, 0) is 9.09 Å². The minimum atomic E-state index is -4.50. The van der Waals surface area contributed by atoms with E-state index in [0.29, 0.717) is 0 Å². The van der Waals surface area contributed by atoms with Gasteiger partial charge < -0.3 is 29.6 Å². The summed E-state index contributed by atoms with van der Waals surface area (Å²) in [6, 6.07) is 0. The van der Waals surface area contributed by atoms with Crippen LogP contribution in [0, 0.1) is 0 Å². The molecule has 0 aromatic rings. The van der Waals surface area contributed by atoms with Gasteiger partial charge in [-0.25, -0.2) is 4.57 Å². The number of rotatable bonds is 6. The molecule has 8 nitrogen and oxygen atoms in total. The highest BCUT2D eigenvalue weighted by molar-refractivity contribution is 7.46. The highest BCUT2D eigenvalue weighted by atomic mass is 31.2. The monoisotopic (exact) mass is 276 g/mol. The maximum atomic E-state index is 9.93. The number of aliphatic hydroxyl groups excluding tert-OH is 3. The summed E-state index contributed by atoms with van der Waals surface area (Å²) in [6.45, 7) is -0.0374. The van der Waals surface area contributed by atoms with E-state index in [4.69, 9.17) is 25.1 Å². The third-order valence-corrected chi connectivity index (χ3v) is 1.90. The van der Waals surface area contributed by atoms with Gasteiger partial charge in [0.05, 0.1) is 41.0 Å². The molecule has 5 N–H and O–H groups in total. The van der Waals surface area contributed by atoms with Crippen LogP contribution in [0.4, 0.5) is 0 Å². The fourth-order valence-electron chi connectivity index (χ4n) is 0.536. The van der Waals surface area contributed by atoms with Crippen molar-refractivity contribution in [1.29, 1.82) is 0 Å². The van der Waals surface area contributed by atoms with E-state index in [1.54, 1.807) is 0 Å². The molecule has 0 aromatic heterocycles. The van der Waals surface area contributed by atoms with Crippen molar-refractivity contribution in [2.24, 2.45) is 0 Å². The maximum absolute atomic E-state index is 9.93. The second kappa shape index (κ2) is 8.96. The Kier molecular flexibility index (Phi) is 10.2. The molecule has 17 heavy (non-hydrogen) atoms. The number of quaternary nitrogens is 1. The lowest BCUT2D eigenvalue weighted by Gasteiger charge is -2.21. The van der Waals surface area contributed by atoms with Crippen LogP contribution < -0.4 is 0 Å². The first-order chi connectivity index (χ1) is 7.52. The Morgan fingerprint density at radius 1 is 1.24 bits per heavy atom. The summed E-state index contributed by atoms with van der Waals surface area (Å²) in [5.74, 6) is 0. The molecule has 0 aliphatic heterocycles. The first-order valence-electron chi connectivity index (χ1n) is 4.92. The Labute approximate surface area is 101 Å². The minimum Gasteiger partial charge on any atom is -0.394 e. The standard InChI is InChI=1S/C5H14NO.C3H9O6P/c1-6(2,3)4-5-7;4-1-3(5)2-9-10(6,7)8/h7H,4-5H2,1-3H3;3-5H,1-2H2,(H2,6,7,8)/q+1;/t;3-/m.1/s1. The van der Waals surface area contributed by atoms with Gasteiger partial charge in [-0.3, -0.25) is 4.52 Å². The van der Waals surface area contributed by atoms with Crippen molar-refractivity contribution in [3.8, 4) is 0 Å². The van der Waals surface area contributed by atoms with Crippen molar-refractivity contribution < 1.29 is 38.7 Å². The maximum Gasteiger partial charge on any atom is 0.469 e. The molecule has 0 saturated heterocycles. The van der Waals surface area contributed by atoms with E-state index in [2.05, 4.69) is 25.7 Å². The third-order valence-electron chi connectivity index (χ3n) is 1.42. The van der Waals surface area contributed by atoms with Crippen molar-refractivity contribution in [2.75, 3.05) is 47.5 Å². The van der Waals surface area contributed by atoms with Crippen LogP contribution in [0.2, 0.25) is 0 Å². The minimum absolute atomic E-state index is 0.281. The Balaban J connectivity index is 0. The number of hydrogen-bond acceptors (Lipinski definition) is 5. The summed E-state index contributed by atoms with van der Waals surface area (Å²) < 4.78 is 14.6. The predicted molar refractivity (Wildman–Crippen MR) is 61.1 cm³/mol. The molecule has 0 amide bonds. The van der Waals surface area contributed by atoms with Crippen molar-refractivity contribution in [3.63, 3.8) is 0 Å². The zero-order valence-electron chi connectivity index (χ0n) is 10.4. The van der Waals surface area contributed by atoms with Crippen molar-refractivity contribution >= 4 is 7.82 Å². The molecule has 0 aliphatic carbocycles. The van der Waals surface area contributed by atoms with Crippen LogP contribution in [0.3, 0.4) is 0 Å². The highest BCUT2D eigenvalue weighted by Gasteiger charge is 2.15. The van der Waals surface area contributed by atoms with E-state index >= 15 is 0 Å². The highest BCUT2D eigenvalue weighted by Crippen LogP contribution is 2.35. The SMILES string of the molecule is C[N+](C)(C)CCO.O=P(O)(O)OC[C@H](O)CO. The molecule has 0 radical (unpaired) electrons. The van der Waals surface area contributed by atoms with E-state index in [9.17, 15) is 4.57 Å². The molecule has 1 atom stereocenters. The normalized spacial score (nSPS) is 13.9. The predicted octanol–water partition coefficient (Wildman–Crippen LogP) is -1.87. The second-order valence-corrected chi connectivity index (χ2v) is 5.60. The van der Waals surface area contributed by atoms with E-state index in [-0.39, 0.29) is 6.61 Å². The zero-order valence-corrected chi connectivity index (χ0v) is 11.2. The Morgan fingerprint density at radius 2 is 1.71 bits per heavy atom. The fraction of sp³-hybridized carbons (Fsp3) is 1.00. The summed E-state index contributed by atoms with van der Waals surface area (Å²) in [5.41, 5.74) is 0. The summed E-state index contributed by atoms with van der Waals surface area (Å²) in [6.07, 6.45) is -1.24. The van der Waals surface area contributed by atoms with Gasteiger partial charge in [0.25, 0.3) is 0 Å². The molecular weight excluding hydrogens is 253 g/mol. The van der Waals surface area contributed by atoms with Crippen molar-refractivity contribution in [2.45, 2.75) is 6.10 Å². The lowest BCUT2D eigenvalue weighted by Crippen LogP contribution is -2.36. The van der Waals surface area contributed by atoms with Gasteiger partial charge in [0, 0.05) is 0 Å². The van der Waals surface area contributed by atoms with E-state index in [0.717, 1.165) is 11.0 Å². The van der Waals surface area contributed by atoms with E-state index in [1.807, 2.05) is 0 Å². The van der Waals surface area contributed by atoms with Gasteiger partial charge in [-0.15, -0.1) is 0 Å². The zero-order chi connectivity index (χ0) is 14.1. The number of phosphoric acid groups is 1. The van der Waals surface area contributed by atoms with Crippen LogP contribution in [0.1, 0.15) is 0 Å². The quantitative estimate of drug-likeness (QED) is 0.284. The van der Waals surface area contributed by atoms with Crippen LogP contribution in [0.15, 0.2) is 0 Å². The van der Waals surface area contributed by atoms with E-state index < -0.39 is 27.1 Å². The molecule has 0 aromatic carbocycles. The van der Waals surface area contributed by atoms with Crippen LogP contribution >= 0.6 is 7.82 Å². The number of hydrogen-bond donors (Lipinski definition) is 5. The molecule has 0 saturated carbocycles. The Hall–Kier alpha value is -0.0500. The largest absolute Gasteiger partial charge is 0.469 e. The summed E-state index contributed by atoms with van der Waals surface area (Å²) in [4.78, 5) is 16.1. The number of aliphatic hydroxyl groups is 3. The Bertz CT molecular complexity index is 224. The van der Waals surface area contributed by atoms with Gasteiger partial charge >= 0.3 is 7.82 Å². The number of likely N-dealkylation sites (N-methyl/N-ethyl adjacent to an activating group) is 1. The molecule has 106 valence electrons. The molecule has 0 rings (SSSR count). The average Bonchev–Trinajstić information content (AvgIpc) is 2.12. The van der Waals surface area contributed by atoms with Crippen LogP contribution in [-0.4, -0.2) is 83.2 Å². The van der Waals surface area contributed by atoms with Gasteiger partial charge in [0.15, 0.2) is 0 Å². The number of nitrogens with zero attached hydrogens (tertiary/aromatic N) is 1. The molecule has 0 heterocycles. The van der Waals surface area contributed by atoms with Gasteiger partial charge in [-0.05, 0) is 0 Å². The molecule has 0 spiro atoms. The van der Waals surface area contributed by atoms with Gasteiger partial charge in [0.2, 0.25) is 0 Å². The molecular formula is C8H23NO7P+. The second-order valence-electron chi connectivity index (χ2n) is 4.36. The van der Waals surface area contributed by atoms with Crippen molar-refractivity contribution in [1.82, 2.24) is 0 Å². The topological polar surface area (TPSA) is 127 Å². The molecule has 9 heteroatoms. The first-order valence-corrected chi connectivity index (χ1v) is 6.45. The molecule has 0 bridgehead atoms. The van der Waals surface area contributed by atoms with E-state index in [1.165, 1.54) is 0 Å². The van der Waals surface area contributed by atoms with Crippen LogP contribution in [0.25, 0.3) is 0 Å². The first kappa shape index (κ1) is 19.3. The van der Waals surface area contributed by atoms with Crippen molar-refractivity contribution in [3.05, 3.63) is 0 Å². The summed E-state index contributed by atoms with van der Waals surface area (Å²) in [7, 11) is 1.65. The molecule has 0 aliphatic rings. The lowest BCUT2D eigenvalue weighted by atomic mass is 10.4. The molecule has 0 fully saturated rings. The Morgan fingerprint density at radius 3 is 1.88 bits per heavy atom. The smallest absolute Gasteiger partial charge is 0.394 e. The number of phosphoric ester groups is 1. The lowest BCUT2D eigenvalue weighted by molar-refractivity contribution is -0.870. The summed E-state index contributed by atoms with van der Waals surface area (Å²) in [5, 5.41) is 25.0. The summed E-state index contributed by atoms with van der Waals surface area (Å²) >= 11 is 0.